The van der Waals surface area contributed by atoms with Gasteiger partial charge in [0.05, 0.1) is 38.6 Å². The van der Waals surface area contributed by atoms with Gasteiger partial charge in [-0.25, -0.2) is 0 Å². The largest absolute Gasteiger partial charge is 0.394 e. The predicted molar refractivity (Wildman–Crippen MR) is 397 cm³/mol. The Balaban J connectivity index is 1.42. The van der Waals surface area contributed by atoms with E-state index in [-0.39, 0.29) is 18.9 Å². The third-order valence-corrected chi connectivity index (χ3v) is 18.8. The van der Waals surface area contributed by atoms with Crippen molar-refractivity contribution < 1.29 is 89.4 Å². The number of allylic oxidation sites excluding steroid dienone is 17. The van der Waals surface area contributed by atoms with Crippen molar-refractivity contribution in [1.29, 1.82) is 0 Å². The van der Waals surface area contributed by atoms with E-state index in [1.54, 1.807) is 6.08 Å². The molecule has 0 aliphatic carbocycles. The van der Waals surface area contributed by atoms with Gasteiger partial charge in [-0.2, -0.15) is 0 Å². The number of ether oxygens (including phenoxy) is 6. The van der Waals surface area contributed by atoms with E-state index in [1.165, 1.54) is 135 Å². The van der Waals surface area contributed by atoms with E-state index >= 15 is 0 Å². The summed E-state index contributed by atoms with van der Waals surface area (Å²) >= 11 is 0. The average Bonchev–Trinajstić information content (AvgIpc) is 0.783. The molecule has 100 heavy (non-hydrogen) atoms. The summed E-state index contributed by atoms with van der Waals surface area (Å²) in [6.45, 7) is 1.60. The normalized spacial score (nSPS) is 27.1. The highest BCUT2D eigenvalue weighted by atomic mass is 16.8. The number of unbranched alkanes of at least 4 members (excludes halogenated alkanes) is 28. The third-order valence-electron chi connectivity index (χ3n) is 18.8. The van der Waals surface area contributed by atoms with Crippen molar-refractivity contribution in [1.82, 2.24) is 5.32 Å². The molecular weight excluding hydrogens is 1270 g/mol. The van der Waals surface area contributed by atoms with Crippen molar-refractivity contribution in [3.05, 3.63) is 109 Å². The van der Waals surface area contributed by atoms with Gasteiger partial charge in [-0.05, 0) is 89.9 Å². The van der Waals surface area contributed by atoms with Gasteiger partial charge in [-0.15, -0.1) is 0 Å². The van der Waals surface area contributed by atoms with Crippen molar-refractivity contribution in [3.8, 4) is 0 Å². The van der Waals surface area contributed by atoms with Crippen LogP contribution in [-0.2, 0) is 33.2 Å². The molecule has 0 aromatic carbocycles. The molecule has 17 atom stereocenters. The summed E-state index contributed by atoms with van der Waals surface area (Å²) in [6, 6.07) is -1.01. The first-order valence-corrected chi connectivity index (χ1v) is 39.1. The summed E-state index contributed by atoms with van der Waals surface area (Å²) in [4.78, 5) is 13.5. The predicted octanol–water partition coefficient (Wildman–Crippen LogP) is 12.6. The molecule has 3 heterocycles. The van der Waals surface area contributed by atoms with Crippen LogP contribution in [0.3, 0.4) is 0 Å². The zero-order chi connectivity index (χ0) is 72.5. The maximum atomic E-state index is 13.5. The van der Waals surface area contributed by atoms with Gasteiger partial charge in [-0.3, -0.25) is 4.79 Å². The zero-order valence-electron chi connectivity index (χ0n) is 61.4. The summed E-state index contributed by atoms with van der Waals surface area (Å²) in [7, 11) is 0. The first-order valence-electron chi connectivity index (χ1n) is 39.1. The summed E-state index contributed by atoms with van der Waals surface area (Å²) in [5.74, 6) is -0.307. The molecule has 1 amide bonds. The number of carbonyl (C=O) groups excluding carboxylic acids is 1. The van der Waals surface area contributed by atoms with E-state index in [1.807, 2.05) is 6.08 Å². The Hall–Kier alpha value is -3.55. The molecule has 0 bridgehead atoms. The van der Waals surface area contributed by atoms with Gasteiger partial charge in [0.2, 0.25) is 5.91 Å². The lowest BCUT2D eigenvalue weighted by atomic mass is 9.96. The number of aliphatic hydroxyl groups excluding tert-OH is 11. The minimum Gasteiger partial charge on any atom is -0.394 e. The summed E-state index contributed by atoms with van der Waals surface area (Å²) in [6.07, 6.45) is 56.4. The smallest absolute Gasteiger partial charge is 0.220 e. The van der Waals surface area contributed by atoms with Crippen molar-refractivity contribution in [2.75, 3.05) is 26.4 Å². The second-order valence-corrected chi connectivity index (χ2v) is 27.4. The second-order valence-electron chi connectivity index (χ2n) is 27.4. The van der Waals surface area contributed by atoms with E-state index in [9.17, 15) is 61.0 Å². The lowest BCUT2D eigenvalue weighted by molar-refractivity contribution is -0.379. The molecule has 0 radical (unpaired) electrons. The van der Waals surface area contributed by atoms with Gasteiger partial charge in [-0.1, -0.05) is 277 Å². The summed E-state index contributed by atoms with van der Waals surface area (Å²) < 4.78 is 34.4. The molecule has 3 fully saturated rings. The molecule has 3 aliphatic heterocycles. The molecule has 19 heteroatoms. The number of hydrogen-bond acceptors (Lipinski definition) is 18. The molecule has 17 unspecified atom stereocenters. The molecule has 3 rings (SSSR count). The van der Waals surface area contributed by atoms with Gasteiger partial charge in [0.25, 0.3) is 0 Å². The molecule has 576 valence electrons. The van der Waals surface area contributed by atoms with Gasteiger partial charge < -0.3 is 89.9 Å². The topological polar surface area (TPSA) is 307 Å². The van der Waals surface area contributed by atoms with Crippen LogP contribution in [0.25, 0.3) is 0 Å². The standard InChI is InChI=1S/C81H139NO18/c1-3-5-7-9-11-13-15-17-19-21-23-25-27-29-31-33-34-36-38-40-42-44-46-48-50-52-54-56-58-65(86)64(82-69(87)59-57-55-53-51-49-47-45-43-41-39-37-35-32-30-28-26-24-22-20-18-16-14-12-10-8-6-4-2)63-95-79-75(93)72(90)77(67(61-84)97-79)100-81-76(94)73(91)78(68(62-85)98-81)99-80-74(92)71(89)70(88)66(60-83)96-80/h6,8,12,14,18,20,24,26,30,32,37,39,43,45,48,50,56,58,64-68,70-81,83-86,88-94H,3-5,7,9-11,13,15-17,19,21-23,25,27-29,31,33-36,38,40-42,44,46-47,49,51-55,57,59-63H2,1-2H3,(H,82,87)/b8-6-,14-12-,20-18-,26-24-,32-30-,39-37-,45-43-,50-48+,58-56+. The van der Waals surface area contributed by atoms with Crippen LogP contribution in [0.1, 0.15) is 264 Å². The molecule has 0 spiro atoms. The van der Waals surface area contributed by atoms with Crippen molar-refractivity contribution >= 4 is 5.91 Å². The van der Waals surface area contributed by atoms with Crippen LogP contribution in [0, 0.1) is 0 Å². The lowest BCUT2D eigenvalue weighted by Gasteiger charge is -2.48. The molecular formula is C81H139NO18. The average molecular weight is 1410 g/mol. The lowest BCUT2D eigenvalue weighted by Crippen LogP contribution is -2.66. The van der Waals surface area contributed by atoms with Gasteiger partial charge in [0, 0.05) is 6.42 Å². The summed E-state index contributed by atoms with van der Waals surface area (Å²) in [5.41, 5.74) is 0. The van der Waals surface area contributed by atoms with Crippen LogP contribution in [0.2, 0.25) is 0 Å². The number of aliphatic hydroxyl groups is 11. The minimum absolute atomic E-state index is 0.206. The first-order chi connectivity index (χ1) is 48.8. The van der Waals surface area contributed by atoms with Crippen LogP contribution >= 0.6 is 0 Å². The Kier molecular flexibility index (Phi) is 55.0. The van der Waals surface area contributed by atoms with E-state index in [4.69, 9.17) is 28.4 Å². The van der Waals surface area contributed by atoms with Gasteiger partial charge >= 0.3 is 0 Å². The van der Waals surface area contributed by atoms with E-state index in [0.717, 1.165) is 96.3 Å². The Morgan fingerprint density at radius 2 is 0.700 bits per heavy atom. The highest BCUT2D eigenvalue weighted by Gasteiger charge is 2.53. The van der Waals surface area contributed by atoms with E-state index in [0.29, 0.717) is 12.8 Å². The number of amides is 1. The van der Waals surface area contributed by atoms with Crippen LogP contribution in [-0.4, -0.2) is 193 Å². The Morgan fingerprint density at radius 1 is 0.370 bits per heavy atom. The molecule has 3 saturated heterocycles. The Morgan fingerprint density at radius 3 is 1.12 bits per heavy atom. The molecule has 3 aliphatic rings. The number of hydrogen-bond donors (Lipinski definition) is 12. The van der Waals surface area contributed by atoms with Crippen LogP contribution in [0.5, 0.6) is 0 Å². The van der Waals surface area contributed by atoms with Crippen molar-refractivity contribution in [2.45, 2.75) is 369 Å². The first kappa shape index (κ1) is 90.7. The van der Waals surface area contributed by atoms with Crippen molar-refractivity contribution in [3.63, 3.8) is 0 Å². The summed E-state index contributed by atoms with van der Waals surface area (Å²) in [5, 5.41) is 121. The minimum atomic E-state index is -1.99. The third kappa shape index (κ3) is 40.6. The number of carbonyl (C=O) groups is 1. The number of nitrogens with one attached hydrogen (secondary N) is 1. The fourth-order valence-electron chi connectivity index (χ4n) is 12.5. The quantitative estimate of drug-likeness (QED) is 0.0199. The van der Waals surface area contributed by atoms with Crippen LogP contribution in [0.15, 0.2) is 109 Å². The maximum absolute atomic E-state index is 13.5. The van der Waals surface area contributed by atoms with Crippen LogP contribution in [0.4, 0.5) is 0 Å². The highest BCUT2D eigenvalue weighted by Crippen LogP contribution is 2.33. The molecule has 0 aromatic heterocycles. The van der Waals surface area contributed by atoms with E-state index in [2.05, 4.69) is 116 Å². The fraction of sp³-hybridized carbons (Fsp3) is 0.765. The molecule has 0 aromatic rings. The Labute approximate surface area is 602 Å². The highest BCUT2D eigenvalue weighted by molar-refractivity contribution is 5.76. The second kappa shape index (κ2) is 60.7. The Bertz CT molecular complexity index is 2230. The van der Waals surface area contributed by atoms with E-state index < -0.39 is 124 Å². The molecule has 0 saturated carbocycles. The van der Waals surface area contributed by atoms with Gasteiger partial charge in [0.15, 0.2) is 18.9 Å². The van der Waals surface area contributed by atoms with Gasteiger partial charge in [0.1, 0.15) is 73.2 Å². The fourth-order valence-corrected chi connectivity index (χ4v) is 12.5. The molecule has 19 nitrogen and oxygen atoms in total. The van der Waals surface area contributed by atoms with Crippen molar-refractivity contribution in [2.24, 2.45) is 0 Å². The molecule has 12 N–H and O–H groups in total. The SMILES string of the molecule is CC/C=C\C/C=C\C/C=C\C/C=C\C/C=C\C/C=C\C/C=C\CCCCCCCC(=O)NC(COC1OC(CO)C(OC2OC(CO)C(OC3OC(CO)C(O)C(O)C3O)C(O)C2O)C(O)C1O)C(O)/C=C/CC/C=C/CCCCCCCCCCCCCCCCCCCCCCCC. The maximum Gasteiger partial charge on any atom is 0.220 e. The monoisotopic (exact) mass is 1410 g/mol. The zero-order valence-corrected chi connectivity index (χ0v) is 61.4. The number of rotatable bonds is 60. The van der Waals surface area contributed by atoms with Crippen LogP contribution < -0.4 is 5.32 Å².